The third kappa shape index (κ3) is 4.10. The van der Waals surface area contributed by atoms with Gasteiger partial charge in [0, 0.05) is 56.5 Å². The van der Waals surface area contributed by atoms with Gasteiger partial charge in [-0.2, -0.15) is 0 Å². The van der Waals surface area contributed by atoms with Gasteiger partial charge in [0.25, 0.3) is 5.91 Å². The van der Waals surface area contributed by atoms with Crippen LogP contribution in [0.25, 0.3) is 5.76 Å². The number of hydrogen-bond acceptors (Lipinski definition) is 10. The molecule has 1 saturated carbocycles. The number of fused-ring (bicyclic) bond motifs is 4. The highest BCUT2D eigenvalue weighted by atomic mass is 16.3. The molecule has 6 N–H and O–H groups in total. The van der Waals surface area contributed by atoms with Gasteiger partial charge in [-0.1, -0.05) is 24.3 Å². The van der Waals surface area contributed by atoms with Crippen molar-refractivity contribution in [2.24, 2.45) is 17.6 Å². The molecule has 1 amide bonds. The first kappa shape index (κ1) is 28.9. The average Bonchev–Trinajstić information content (AvgIpc) is 3.34. The number of anilines is 1. The normalized spacial score (nSPS) is 26.8. The van der Waals surface area contributed by atoms with E-state index in [0.717, 1.165) is 5.69 Å². The number of aliphatic hydroxyl groups is 3. The maximum atomic E-state index is 14.2. The number of likely N-dealkylation sites (N-methyl/N-ethyl adjacent to an activating group) is 1. The van der Waals surface area contributed by atoms with Crippen LogP contribution in [-0.4, -0.2) is 87.5 Å². The van der Waals surface area contributed by atoms with Crippen LogP contribution >= 0.6 is 0 Å². The maximum Gasteiger partial charge on any atom is 0.255 e. The van der Waals surface area contributed by atoms with Crippen LogP contribution in [0.15, 0.2) is 47.2 Å². The van der Waals surface area contributed by atoms with E-state index in [9.17, 15) is 34.8 Å². The van der Waals surface area contributed by atoms with Crippen molar-refractivity contribution in [2.45, 2.75) is 44.1 Å². The highest BCUT2D eigenvalue weighted by Crippen LogP contribution is 2.54. The lowest BCUT2D eigenvalue weighted by atomic mass is 9.57. The fourth-order valence-electron chi connectivity index (χ4n) is 7.62. The zero-order chi connectivity index (χ0) is 31.1. The molecule has 11 heteroatoms. The van der Waals surface area contributed by atoms with E-state index >= 15 is 0 Å². The van der Waals surface area contributed by atoms with E-state index in [-0.39, 0.29) is 29.7 Å². The molecule has 2 aromatic rings. The fraction of sp³-hybridized carbons (Fsp3) is 0.406. The van der Waals surface area contributed by atoms with E-state index < -0.39 is 58.0 Å². The second kappa shape index (κ2) is 9.94. The highest BCUT2D eigenvalue weighted by Gasteiger charge is 2.64. The van der Waals surface area contributed by atoms with Crippen LogP contribution in [0.5, 0.6) is 5.75 Å². The molecule has 43 heavy (non-hydrogen) atoms. The smallest absolute Gasteiger partial charge is 0.255 e. The molecule has 0 aromatic heterocycles. The van der Waals surface area contributed by atoms with Crippen LogP contribution in [-0.2, 0) is 40.4 Å². The van der Waals surface area contributed by atoms with Gasteiger partial charge < -0.3 is 31.1 Å². The molecule has 6 rings (SSSR count). The summed E-state index contributed by atoms with van der Waals surface area (Å²) in [7, 11) is 6.88. The number of phenolic OH excluding ortho intramolecular Hbond substituents is 1. The zero-order valence-electron chi connectivity index (χ0n) is 24.6. The molecule has 1 fully saturated rings. The van der Waals surface area contributed by atoms with E-state index in [1.54, 1.807) is 14.1 Å². The van der Waals surface area contributed by atoms with Gasteiger partial charge in [0.1, 0.15) is 22.8 Å². The third-order valence-electron chi connectivity index (χ3n) is 9.56. The van der Waals surface area contributed by atoms with Gasteiger partial charge in [-0.15, -0.1) is 0 Å². The van der Waals surface area contributed by atoms with Gasteiger partial charge in [-0.3, -0.25) is 24.2 Å². The van der Waals surface area contributed by atoms with E-state index in [1.165, 1.54) is 16.0 Å². The Kier molecular flexibility index (Phi) is 6.68. The molecule has 2 aromatic carbocycles. The predicted octanol–water partition coefficient (Wildman–Crippen LogP) is 1.55. The van der Waals surface area contributed by atoms with E-state index in [0.29, 0.717) is 30.8 Å². The molecular formula is C32H36N4O7. The number of aromatic hydroxyl groups is 1. The van der Waals surface area contributed by atoms with E-state index in [4.69, 9.17) is 5.73 Å². The topological polar surface area (TPSA) is 168 Å². The quantitative estimate of drug-likeness (QED) is 0.323. The number of hydrogen-bond donors (Lipinski definition) is 5. The van der Waals surface area contributed by atoms with E-state index in [2.05, 4.69) is 17.0 Å². The number of carbonyl (C=O) groups is 3. The van der Waals surface area contributed by atoms with Gasteiger partial charge in [0.2, 0.25) is 5.78 Å². The van der Waals surface area contributed by atoms with Gasteiger partial charge >= 0.3 is 0 Å². The summed E-state index contributed by atoms with van der Waals surface area (Å²) in [6.07, 6.45) is 0.290. The molecule has 0 unspecified atom stereocenters. The third-order valence-corrected chi connectivity index (χ3v) is 9.56. The summed E-state index contributed by atoms with van der Waals surface area (Å²) in [6.45, 7) is 1.79. The van der Waals surface area contributed by atoms with Crippen LogP contribution in [0.1, 0.15) is 34.2 Å². The summed E-state index contributed by atoms with van der Waals surface area (Å²) in [4.78, 5) is 45.2. The average molecular weight is 589 g/mol. The Balaban J connectivity index is 1.48. The minimum atomic E-state index is -2.66. The molecule has 226 valence electrons. The van der Waals surface area contributed by atoms with Crippen molar-refractivity contribution in [3.8, 4) is 5.75 Å². The lowest BCUT2D eigenvalue weighted by Gasteiger charge is -2.50. The van der Waals surface area contributed by atoms with E-state index in [1.807, 2.05) is 37.2 Å². The van der Waals surface area contributed by atoms with Crippen molar-refractivity contribution in [1.29, 1.82) is 0 Å². The lowest BCUT2D eigenvalue weighted by molar-refractivity contribution is -0.153. The van der Waals surface area contributed by atoms with Gasteiger partial charge in [-0.05, 0) is 55.6 Å². The number of rotatable bonds is 5. The number of aliphatic hydroxyl groups excluding tert-OH is 2. The molecule has 0 spiro atoms. The monoisotopic (exact) mass is 588 g/mol. The van der Waals surface area contributed by atoms with Crippen LogP contribution in [0, 0.1) is 11.8 Å². The second-order valence-corrected chi connectivity index (χ2v) is 12.5. The number of phenols is 1. The number of nitrogens with zero attached hydrogens (tertiary/aromatic N) is 3. The van der Waals surface area contributed by atoms with Gasteiger partial charge in [0.05, 0.1) is 11.6 Å². The highest BCUT2D eigenvalue weighted by molar-refractivity contribution is 6.24. The molecule has 11 nitrogen and oxygen atoms in total. The van der Waals surface area contributed by atoms with Crippen LogP contribution in [0.2, 0.25) is 0 Å². The number of ketones is 2. The number of primary amides is 1. The van der Waals surface area contributed by atoms with Crippen molar-refractivity contribution >= 4 is 28.9 Å². The maximum absolute atomic E-state index is 14.2. The minimum absolute atomic E-state index is 0.0488. The molecule has 4 atom stereocenters. The number of carbonyl (C=O) groups excluding carboxylic acids is 3. The van der Waals surface area contributed by atoms with Crippen molar-refractivity contribution in [3.05, 3.63) is 75.1 Å². The summed E-state index contributed by atoms with van der Waals surface area (Å²) in [5.41, 5.74) is 6.27. The Labute approximate surface area is 249 Å². The molecular weight excluding hydrogens is 552 g/mol. The predicted molar refractivity (Wildman–Crippen MR) is 158 cm³/mol. The van der Waals surface area contributed by atoms with Gasteiger partial charge in [0.15, 0.2) is 11.4 Å². The number of Topliss-reactive ketones (excluding diaryl/α,β-unsaturated/α-hetero) is 2. The Morgan fingerprint density at radius 3 is 2.26 bits per heavy atom. The molecule has 1 heterocycles. The largest absolute Gasteiger partial charge is 0.508 e. The van der Waals surface area contributed by atoms with Crippen molar-refractivity contribution in [1.82, 2.24) is 9.80 Å². The van der Waals surface area contributed by atoms with Gasteiger partial charge in [-0.25, -0.2) is 0 Å². The van der Waals surface area contributed by atoms with Crippen molar-refractivity contribution < 1.29 is 34.8 Å². The number of amides is 1. The first-order chi connectivity index (χ1) is 20.3. The summed E-state index contributed by atoms with van der Waals surface area (Å²) < 4.78 is 0. The zero-order valence-corrected chi connectivity index (χ0v) is 24.6. The summed E-state index contributed by atoms with van der Waals surface area (Å²) in [5, 5.41) is 46.2. The van der Waals surface area contributed by atoms with Crippen LogP contribution in [0.4, 0.5) is 5.69 Å². The standard InChI is InChI=1S/C32H36N4O7/c1-34(2)21-11-18(14-36-12-15-7-5-6-8-16(15)13-36)26(37)23-19(21)9-17-10-20-25(35(3)4)28(39)24(31(33)42)30(41)32(20,43)29(40)22(17)27(23)38/h5-8,11,17,20,25,37-38,41,43H,9-10,12-14H2,1-4H3,(H2,33,42)/t17-,20+,25+,32+/m1/s1. The summed E-state index contributed by atoms with van der Waals surface area (Å²) in [6, 6.07) is 8.91. The Hall–Kier alpha value is -4.19. The molecule has 0 saturated heterocycles. The number of nitrogens with two attached hydrogens (primary N) is 1. The number of benzene rings is 2. The summed E-state index contributed by atoms with van der Waals surface area (Å²) >= 11 is 0. The molecule has 3 aliphatic carbocycles. The molecule has 0 radical (unpaired) electrons. The first-order valence-electron chi connectivity index (χ1n) is 14.3. The van der Waals surface area contributed by atoms with Crippen molar-refractivity contribution in [3.63, 3.8) is 0 Å². The Morgan fingerprint density at radius 1 is 1.07 bits per heavy atom. The SMILES string of the molecule is CN(C)c1cc(CN2Cc3ccccc3C2)c(O)c2c1C[C@@H]1C[C@H]3[C@H](N(C)C)C(=O)C(C(N)=O)=C(O)[C@@]3(O)C(=O)C1=C2O. The fourth-order valence-corrected chi connectivity index (χ4v) is 7.62. The molecule has 4 aliphatic rings. The Bertz CT molecular complexity index is 1630. The van der Waals surface area contributed by atoms with Crippen molar-refractivity contribution in [2.75, 3.05) is 33.1 Å². The first-order valence-corrected chi connectivity index (χ1v) is 14.3. The molecule has 0 bridgehead atoms. The minimum Gasteiger partial charge on any atom is -0.508 e. The second-order valence-electron chi connectivity index (χ2n) is 12.5. The lowest BCUT2D eigenvalue weighted by Crippen LogP contribution is -2.65. The molecule has 1 aliphatic heterocycles. The van der Waals surface area contributed by atoms with Crippen LogP contribution < -0.4 is 10.6 Å². The van der Waals surface area contributed by atoms with Crippen LogP contribution in [0.3, 0.4) is 0 Å². The Morgan fingerprint density at radius 2 is 1.70 bits per heavy atom. The summed E-state index contributed by atoms with van der Waals surface area (Å²) in [5.74, 6) is -6.52.